The summed E-state index contributed by atoms with van der Waals surface area (Å²) >= 11 is 3.51. The Hall–Kier alpha value is -2.93. The lowest BCUT2D eigenvalue weighted by Crippen LogP contribution is -2.18. The largest absolute Gasteiger partial charge is 0.438 e. The fraction of sp³-hybridized carbons (Fsp3) is 0.150. The molecule has 2 N–H and O–H groups in total. The molecule has 3 aromatic rings. The van der Waals surface area contributed by atoms with Gasteiger partial charge in [-0.15, -0.1) is 0 Å². The molecule has 3 rings (SSSR count). The number of halogens is 1. The van der Waals surface area contributed by atoms with Crippen molar-refractivity contribution in [3.05, 3.63) is 69.8 Å². The minimum absolute atomic E-state index is 0.222. The highest BCUT2D eigenvalue weighted by molar-refractivity contribution is 9.10. The molecule has 2 aromatic carbocycles. The average molecular weight is 427 g/mol. The highest BCUT2D eigenvalue weighted by Gasteiger charge is 2.14. The fourth-order valence-corrected chi connectivity index (χ4v) is 2.75. The molecule has 1 aromatic heterocycles. The van der Waals surface area contributed by atoms with E-state index in [9.17, 15) is 4.79 Å². The van der Waals surface area contributed by atoms with Crippen molar-refractivity contribution >= 4 is 33.5 Å². The van der Waals surface area contributed by atoms with E-state index in [0.29, 0.717) is 23.1 Å². The van der Waals surface area contributed by atoms with Gasteiger partial charge in [0.1, 0.15) is 5.75 Å². The second-order valence-electron chi connectivity index (χ2n) is 5.95. The van der Waals surface area contributed by atoms with Crippen LogP contribution in [0.3, 0.4) is 0 Å². The second kappa shape index (κ2) is 8.18. The maximum atomic E-state index is 12.0. The van der Waals surface area contributed by atoms with E-state index in [1.165, 1.54) is 0 Å². The zero-order valence-corrected chi connectivity index (χ0v) is 16.8. The maximum Gasteiger partial charge on any atom is 0.254 e. The lowest BCUT2D eigenvalue weighted by molar-refractivity contribution is 0.0960. The monoisotopic (exact) mass is 426 g/mol. The minimum atomic E-state index is -0.222. The molecule has 0 aliphatic heterocycles. The first-order valence-electron chi connectivity index (χ1n) is 8.33. The van der Waals surface area contributed by atoms with Crippen molar-refractivity contribution in [2.45, 2.75) is 13.8 Å². The maximum absolute atomic E-state index is 12.0. The zero-order chi connectivity index (χ0) is 19.4. The summed E-state index contributed by atoms with van der Waals surface area (Å²) in [6, 6.07) is 12.9. The molecule has 0 spiro atoms. The number of hydrogen-bond donors (Lipinski definition) is 2. The third-order valence-corrected chi connectivity index (χ3v) is 4.77. The number of ether oxygens (including phenoxy) is 1. The molecule has 6 nitrogen and oxygen atoms in total. The van der Waals surface area contributed by atoms with Crippen LogP contribution in [-0.4, -0.2) is 22.9 Å². The van der Waals surface area contributed by atoms with Crippen molar-refractivity contribution in [3.8, 4) is 11.6 Å². The summed E-state index contributed by atoms with van der Waals surface area (Å²) in [5.74, 6) is 1.00. The molecule has 138 valence electrons. The highest BCUT2D eigenvalue weighted by atomic mass is 79.9. The Morgan fingerprint density at radius 2 is 1.89 bits per heavy atom. The number of amides is 1. The predicted octanol–water partition coefficient (Wildman–Crippen LogP) is 4.75. The number of aryl methyl sites for hydroxylation is 2. The average Bonchev–Trinajstić information content (AvgIpc) is 2.67. The van der Waals surface area contributed by atoms with Crippen LogP contribution in [0.15, 0.2) is 53.1 Å². The number of anilines is 2. The van der Waals surface area contributed by atoms with Gasteiger partial charge in [-0.25, -0.2) is 4.98 Å². The van der Waals surface area contributed by atoms with Crippen molar-refractivity contribution in [3.63, 3.8) is 0 Å². The van der Waals surface area contributed by atoms with Gasteiger partial charge in [0.15, 0.2) is 0 Å². The number of nitrogens with zero attached hydrogens (tertiary/aromatic N) is 2. The van der Waals surface area contributed by atoms with Gasteiger partial charge in [-0.2, -0.15) is 4.98 Å². The minimum Gasteiger partial charge on any atom is -0.438 e. The lowest BCUT2D eigenvalue weighted by Gasteiger charge is -2.13. The van der Waals surface area contributed by atoms with Crippen LogP contribution in [-0.2, 0) is 0 Å². The molecule has 0 fully saturated rings. The van der Waals surface area contributed by atoms with Crippen LogP contribution in [0.1, 0.15) is 21.5 Å². The Bertz CT molecular complexity index is 991. The zero-order valence-electron chi connectivity index (χ0n) is 15.2. The molecule has 0 unspecified atom stereocenters. The first kappa shape index (κ1) is 18.8. The first-order valence-corrected chi connectivity index (χ1v) is 9.13. The molecular formula is C20H19BrN4O2. The first-order chi connectivity index (χ1) is 13.0. The molecule has 0 saturated carbocycles. The normalized spacial score (nSPS) is 10.4. The van der Waals surface area contributed by atoms with Gasteiger partial charge < -0.3 is 15.4 Å². The van der Waals surface area contributed by atoms with Gasteiger partial charge >= 0.3 is 0 Å². The van der Waals surface area contributed by atoms with E-state index < -0.39 is 0 Å². The van der Waals surface area contributed by atoms with E-state index in [2.05, 4.69) is 36.5 Å². The number of aromatic nitrogens is 2. The van der Waals surface area contributed by atoms with Crippen molar-refractivity contribution in [2.24, 2.45) is 0 Å². The molecule has 1 heterocycles. The molecule has 0 aliphatic rings. The van der Waals surface area contributed by atoms with Crippen LogP contribution in [0.25, 0.3) is 0 Å². The van der Waals surface area contributed by atoms with Gasteiger partial charge in [0.2, 0.25) is 11.8 Å². The number of carbonyl (C=O) groups excluding carboxylic acids is 1. The highest BCUT2D eigenvalue weighted by Crippen LogP contribution is 2.28. The molecule has 0 bridgehead atoms. The van der Waals surface area contributed by atoms with Gasteiger partial charge in [0.05, 0.1) is 5.56 Å². The van der Waals surface area contributed by atoms with E-state index in [0.717, 1.165) is 21.3 Å². The number of hydrogen-bond acceptors (Lipinski definition) is 5. The van der Waals surface area contributed by atoms with E-state index in [1.807, 2.05) is 32.0 Å². The molecule has 0 radical (unpaired) electrons. The van der Waals surface area contributed by atoms with Crippen molar-refractivity contribution in [1.82, 2.24) is 15.3 Å². The van der Waals surface area contributed by atoms with Crippen LogP contribution in [0.4, 0.5) is 11.6 Å². The molecular weight excluding hydrogens is 408 g/mol. The van der Waals surface area contributed by atoms with Gasteiger partial charge in [-0.1, -0.05) is 34.1 Å². The summed E-state index contributed by atoms with van der Waals surface area (Å²) in [6.07, 6.45) is 1.68. The number of carbonyl (C=O) groups is 1. The van der Waals surface area contributed by atoms with Gasteiger partial charge in [-0.05, 0) is 43.7 Å². The molecule has 7 heteroatoms. The topological polar surface area (TPSA) is 76.1 Å². The molecule has 1 amide bonds. The molecule has 27 heavy (non-hydrogen) atoms. The van der Waals surface area contributed by atoms with Gasteiger partial charge in [0.25, 0.3) is 5.91 Å². The SMILES string of the molecule is CNC(=O)c1ccccc1Oc1nc(Nc2ccc(C)c(Br)c2)ncc1C. The molecule has 0 atom stereocenters. The van der Waals surface area contributed by atoms with Crippen molar-refractivity contribution in [1.29, 1.82) is 0 Å². The second-order valence-corrected chi connectivity index (χ2v) is 6.80. The summed E-state index contributed by atoms with van der Waals surface area (Å²) in [6.45, 7) is 3.87. The van der Waals surface area contributed by atoms with E-state index in [1.54, 1.807) is 37.5 Å². The molecule has 0 saturated heterocycles. The third-order valence-electron chi connectivity index (χ3n) is 3.92. The van der Waals surface area contributed by atoms with Crippen LogP contribution < -0.4 is 15.4 Å². The Morgan fingerprint density at radius 1 is 1.11 bits per heavy atom. The predicted molar refractivity (Wildman–Crippen MR) is 109 cm³/mol. The summed E-state index contributed by atoms with van der Waals surface area (Å²) in [5.41, 5.74) is 3.19. The van der Waals surface area contributed by atoms with E-state index in [-0.39, 0.29) is 5.91 Å². The van der Waals surface area contributed by atoms with Gasteiger partial charge in [-0.3, -0.25) is 4.79 Å². The smallest absolute Gasteiger partial charge is 0.254 e. The van der Waals surface area contributed by atoms with Crippen molar-refractivity contribution < 1.29 is 9.53 Å². The number of benzene rings is 2. The Balaban J connectivity index is 1.88. The van der Waals surface area contributed by atoms with Crippen LogP contribution in [0.5, 0.6) is 11.6 Å². The summed E-state index contributed by atoms with van der Waals surface area (Å²) in [5, 5.41) is 5.77. The Kier molecular flexibility index (Phi) is 5.71. The fourth-order valence-electron chi connectivity index (χ4n) is 2.37. The van der Waals surface area contributed by atoms with Crippen LogP contribution in [0, 0.1) is 13.8 Å². The quantitative estimate of drug-likeness (QED) is 0.615. The van der Waals surface area contributed by atoms with E-state index in [4.69, 9.17) is 4.74 Å². The summed E-state index contributed by atoms with van der Waals surface area (Å²) in [4.78, 5) is 20.8. The lowest BCUT2D eigenvalue weighted by atomic mass is 10.2. The summed E-state index contributed by atoms with van der Waals surface area (Å²) < 4.78 is 6.92. The Labute approximate surface area is 166 Å². The summed E-state index contributed by atoms with van der Waals surface area (Å²) in [7, 11) is 1.58. The molecule has 0 aliphatic carbocycles. The van der Waals surface area contributed by atoms with Crippen LogP contribution in [0.2, 0.25) is 0 Å². The third kappa shape index (κ3) is 4.43. The number of nitrogens with one attached hydrogen (secondary N) is 2. The van der Waals surface area contributed by atoms with E-state index >= 15 is 0 Å². The number of para-hydroxylation sites is 1. The standard InChI is InChI=1S/C20H19BrN4O2/c1-12-8-9-14(10-16(12)21)24-20-23-11-13(2)19(25-20)27-17-7-5-4-6-15(17)18(26)22-3/h4-11H,1-3H3,(H,22,26)(H,23,24,25). The van der Waals surface area contributed by atoms with Crippen molar-refractivity contribution in [2.75, 3.05) is 12.4 Å². The Morgan fingerprint density at radius 3 is 2.63 bits per heavy atom. The van der Waals surface area contributed by atoms with Gasteiger partial charge in [0, 0.05) is 29.0 Å². The van der Waals surface area contributed by atoms with Crippen LogP contribution >= 0.6 is 15.9 Å². The number of rotatable bonds is 5.